The van der Waals surface area contributed by atoms with Crippen molar-refractivity contribution in [3.63, 3.8) is 0 Å². The lowest BCUT2D eigenvalue weighted by atomic mass is 10.3. The minimum atomic E-state index is -3.83. The van der Waals surface area contributed by atoms with Gasteiger partial charge in [-0.15, -0.1) is 0 Å². The average Bonchev–Trinajstić information content (AvgIpc) is 2.58. The van der Waals surface area contributed by atoms with Crippen molar-refractivity contribution in [3.05, 3.63) is 11.8 Å². The number of carbonyl (C=O) groups excluding carboxylic acids is 1. The highest BCUT2D eigenvalue weighted by molar-refractivity contribution is 8.07. The van der Waals surface area contributed by atoms with Crippen LogP contribution in [-0.2, 0) is 9.84 Å². The Hall–Kier alpha value is -1.37. The smallest absolute Gasteiger partial charge is 0.294 e. The van der Waals surface area contributed by atoms with Gasteiger partial charge in [0.1, 0.15) is 11.5 Å². The summed E-state index contributed by atoms with van der Waals surface area (Å²) in [5.41, 5.74) is 5.52. The van der Waals surface area contributed by atoms with Crippen LogP contribution >= 0.6 is 0 Å². The zero-order valence-corrected chi connectivity index (χ0v) is 11.2. The maximum atomic E-state index is 11.9. The van der Waals surface area contributed by atoms with Gasteiger partial charge in [-0.2, -0.15) is 5.10 Å². The first kappa shape index (κ1) is 13.7. The molecule has 0 fully saturated rings. The SMILES string of the molecule is CC(C)n1nc(N)cc1C(=O)S(=O)(=O)C(C)C. The molecule has 0 amide bonds. The zero-order chi connectivity index (χ0) is 13.4. The Kier molecular flexibility index (Phi) is 3.61. The summed E-state index contributed by atoms with van der Waals surface area (Å²) < 4.78 is 24.9. The summed E-state index contributed by atoms with van der Waals surface area (Å²) in [6, 6.07) is 1.16. The van der Waals surface area contributed by atoms with Gasteiger partial charge in [-0.1, -0.05) is 0 Å². The van der Waals surface area contributed by atoms with Gasteiger partial charge in [-0.3, -0.25) is 9.48 Å². The summed E-state index contributed by atoms with van der Waals surface area (Å²) in [7, 11) is -3.83. The number of carbonyl (C=O) groups is 1. The second-order valence-corrected chi connectivity index (χ2v) is 6.78. The highest BCUT2D eigenvalue weighted by Crippen LogP contribution is 2.17. The van der Waals surface area contributed by atoms with Crippen molar-refractivity contribution in [1.29, 1.82) is 0 Å². The molecule has 7 heteroatoms. The molecule has 1 rings (SSSR count). The van der Waals surface area contributed by atoms with Crippen LogP contribution < -0.4 is 5.73 Å². The van der Waals surface area contributed by atoms with Gasteiger partial charge in [0.2, 0.25) is 9.84 Å². The Labute approximate surface area is 101 Å². The third-order valence-corrected chi connectivity index (χ3v) is 4.30. The van der Waals surface area contributed by atoms with E-state index in [-0.39, 0.29) is 17.6 Å². The Balaban J connectivity index is 3.31. The van der Waals surface area contributed by atoms with Gasteiger partial charge in [0.15, 0.2) is 0 Å². The molecule has 0 saturated heterocycles. The Morgan fingerprint density at radius 2 is 1.88 bits per heavy atom. The van der Waals surface area contributed by atoms with Gasteiger partial charge in [0, 0.05) is 12.1 Å². The van der Waals surface area contributed by atoms with Crippen LogP contribution in [0.4, 0.5) is 5.82 Å². The molecule has 0 saturated carbocycles. The van der Waals surface area contributed by atoms with Gasteiger partial charge in [-0.05, 0) is 27.7 Å². The van der Waals surface area contributed by atoms with Crippen molar-refractivity contribution in [1.82, 2.24) is 9.78 Å². The predicted molar refractivity (Wildman–Crippen MR) is 65.4 cm³/mol. The molecule has 0 bridgehead atoms. The molecule has 0 aliphatic heterocycles. The fraction of sp³-hybridized carbons (Fsp3) is 0.600. The standard InChI is InChI=1S/C10H17N3O3S/c1-6(2)13-8(5-9(11)12-13)10(14)17(15,16)7(3)4/h5-7H,1-4H3,(H2,11,12). The molecule has 0 aliphatic carbocycles. The van der Waals surface area contributed by atoms with E-state index in [1.165, 1.54) is 24.6 Å². The van der Waals surface area contributed by atoms with Crippen molar-refractivity contribution >= 4 is 20.8 Å². The third-order valence-electron chi connectivity index (χ3n) is 2.33. The van der Waals surface area contributed by atoms with Crippen LogP contribution in [0.15, 0.2) is 6.07 Å². The Morgan fingerprint density at radius 1 is 1.35 bits per heavy atom. The number of hydrogen-bond acceptors (Lipinski definition) is 5. The number of nitrogens with zero attached hydrogens (tertiary/aromatic N) is 2. The summed E-state index contributed by atoms with van der Waals surface area (Å²) in [6.45, 7) is 6.52. The Bertz CT molecular complexity index is 529. The van der Waals surface area contributed by atoms with E-state index in [9.17, 15) is 13.2 Å². The maximum Gasteiger partial charge on any atom is 0.294 e. The van der Waals surface area contributed by atoms with Gasteiger partial charge in [0.05, 0.1) is 5.25 Å². The van der Waals surface area contributed by atoms with Crippen molar-refractivity contribution in [2.75, 3.05) is 5.73 Å². The summed E-state index contributed by atoms with van der Waals surface area (Å²) in [4.78, 5) is 11.9. The molecule has 17 heavy (non-hydrogen) atoms. The van der Waals surface area contributed by atoms with Gasteiger partial charge < -0.3 is 5.73 Å². The molecule has 0 atom stereocenters. The molecule has 0 radical (unpaired) electrons. The highest BCUT2D eigenvalue weighted by atomic mass is 32.2. The number of hydrogen-bond donors (Lipinski definition) is 1. The maximum absolute atomic E-state index is 11.9. The number of nitrogen functional groups attached to an aromatic ring is 1. The average molecular weight is 259 g/mol. The first-order valence-corrected chi connectivity index (χ1v) is 6.85. The van der Waals surface area contributed by atoms with Crippen LogP contribution in [0.3, 0.4) is 0 Å². The molecule has 0 aliphatic rings. The molecule has 0 aromatic carbocycles. The number of nitrogens with two attached hydrogens (primary N) is 1. The summed E-state index contributed by atoms with van der Waals surface area (Å²) in [6.07, 6.45) is 0. The summed E-state index contributed by atoms with van der Waals surface area (Å²) in [5, 5.41) is 2.23. The first-order chi connectivity index (χ1) is 7.67. The number of rotatable bonds is 3. The second kappa shape index (κ2) is 4.48. The van der Waals surface area contributed by atoms with Crippen LogP contribution in [0.1, 0.15) is 44.2 Å². The summed E-state index contributed by atoms with van der Waals surface area (Å²) >= 11 is 0. The van der Waals surface area contributed by atoms with Crippen LogP contribution in [0.25, 0.3) is 0 Å². The fourth-order valence-electron chi connectivity index (χ4n) is 1.32. The number of aromatic nitrogens is 2. The second-order valence-electron chi connectivity index (χ2n) is 4.37. The van der Waals surface area contributed by atoms with Crippen LogP contribution in [0.5, 0.6) is 0 Å². The van der Waals surface area contributed by atoms with Crippen molar-refractivity contribution in [3.8, 4) is 0 Å². The molecule has 0 unspecified atom stereocenters. The van der Waals surface area contributed by atoms with Crippen molar-refractivity contribution in [2.24, 2.45) is 0 Å². The van der Waals surface area contributed by atoms with Crippen LogP contribution in [0.2, 0.25) is 0 Å². The largest absolute Gasteiger partial charge is 0.382 e. The normalized spacial score (nSPS) is 12.4. The quantitative estimate of drug-likeness (QED) is 0.874. The molecular formula is C10H17N3O3S. The van der Waals surface area contributed by atoms with E-state index in [0.717, 1.165) is 0 Å². The Morgan fingerprint density at radius 3 is 2.29 bits per heavy atom. The topological polar surface area (TPSA) is 95.1 Å². The van der Waals surface area contributed by atoms with Crippen molar-refractivity contribution < 1.29 is 13.2 Å². The van der Waals surface area contributed by atoms with Crippen LogP contribution in [-0.4, -0.2) is 28.6 Å². The monoisotopic (exact) mass is 259 g/mol. The number of anilines is 1. The van der Waals surface area contributed by atoms with E-state index in [0.29, 0.717) is 0 Å². The van der Waals surface area contributed by atoms with E-state index in [1.807, 2.05) is 0 Å². The molecule has 2 N–H and O–H groups in total. The summed E-state index contributed by atoms with van der Waals surface area (Å²) in [5.74, 6) is 0.140. The van der Waals surface area contributed by atoms with Gasteiger partial charge in [-0.25, -0.2) is 8.42 Å². The molecule has 1 aromatic rings. The van der Waals surface area contributed by atoms with Crippen molar-refractivity contribution in [2.45, 2.75) is 39.0 Å². The van der Waals surface area contributed by atoms with E-state index in [2.05, 4.69) is 5.10 Å². The van der Waals surface area contributed by atoms with Gasteiger partial charge in [0.25, 0.3) is 5.12 Å². The number of sulfone groups is 1. The fourth-order valence-corrected chi connectivity index (χ4v) is 2.19. The lowest BCUT2D eigenvalue weighted by molar-refractivity contribution is 0.106. The van der Waals surface area contributed by atoms with E-state index < -0.39 is 20.2 Å². The van der Waals surface area contributed by atoms with E-state index in [1.54, 1.807) is 13.8 Å². The highest BCUT2D eigenvalue weighted by Gasteiger charge is 2.31. The van der Waals surface area contributed by atoms with E-state index in [4.69, 9.17) is 5.73 Å². The zero-order valence-electron chi connectivity index (χ0n) is 10.3. The molecule has 1 heterocycles. The molecule has 96 valence electrons. The lowest BCUT2D eigenvalue weighted by Crippen LogP contribution is -2.26. The lowest BCUT2D eigenvalue weighted by Gasteiger charge is -2.11. The minimum Gasteiger partial charge on any atom is -0.382 e. The molecule has 0 spiro atoms. The van der Waals surface area contributed by atoms with E-state index >= 15 is 0 Å². The predicted octanol–water partition coefficient (Wildman–Crippen LogP) is 1.01. The molecule has 6 nitrogen and oxygen atoms in total. The molecule has 1 aromatic heterocycles. The van der Waals surface area contributed by atoms with Gasteiger partial charge >= 0.3 is 0 Å². The van der Waals surface area contributed by atoms with Crippen LogP contribution in [0, 0.1) is 0 Å². The molecular weight excluding hydrogens is 242 g/mol. The third kappa shape index (κ3) is 2.49. The minimum absolute atomic E-state index is 0.0196. The first-order valence-electron chi connectivity index (χ1n) is 5.31.